The van der Waals surface area contributed by atoms with Crippen LogP contribution >= 0.6 is 0 Å². The summed E-state index contributed by atoms with van der Waals surface area (Å²) >= 11 is 0. The fraction of sp³-hybridized carbons (Fsp3) is 0.727. The van der Waals surface area contributed by atoms with Gasteiger partial charge in [0.15, 0.2) is 6.79 Å². The lowest BCUT2D eigenvalue weighted by molar-refractivity contribution is -0.317. The molecule has 1 fully saturated rings. The van der Waals surface area contributed by atoms with E-state index < -0.39 is 5.79 Å². The fourth-order valence-electron chi connectivity index (χ4n) is 1.55. The van der Waals surface area contributed by atoms with Crippen molar-refractivity contribution in [3.63, 3.8) is 0 Å². The maximum absolute atomic E-state index is 10.5. The van der Waals surface area contributed by atoms with Crippen LogP contribution in [0.2, 0.25) is 0 Å². The number of allylic oxidation sites excluding steroid dienone is 1. The van der Waals surface area contributed by atoms with E-state index in [0.717, 1.165) is 18.3 Å². The molecule has 1 aliphatic rings. The van der Waals surface area contributed by atoms with Crippen molar-refractivity contribution in [1.82, 2.24) is 0 Å². The monoisotopic (exact) mass is 214 g/mol. The van der Waals surface area contributed by atoms with Gasteiger partial charge >= 0.3 is 0 Å². The minimum atomic E-state index is -0.670. The zero-order valence-electron chi connectivity index (χ0n) is 9.32. The average Bonchev–Trinajstić information content (AvgIpc) is 2.60. The second-order valence-electron chi connectivity index (χ2n) is 4.08. The molecule has 0 aliphatic carbocycles. The SMILES string of the molecule is C=C(C)[C@@H](CC=O)CCC1(C)OCOO1. The summed E-state index contributed by atoms with van der Waals surface area (Å²) < 4.78 is 5.29. The number of carbonyl (C=O) groups is 1. The molecule has 15 heavy (non-hydrogen) atoms. The Morgan fingerprint density at radius 3 is 2.87 bits per heavy atom. The molecule has 86 valence electrons. The number of hydrogen-bond donors (Lipinski definition) is 0. The Labute approximate surface area is 90.1 Å². The lowest BCUT2D eigenvalue weighted by Gasteiger charge is -2.22. The normalized spacial score (nSPS) is 27.6. The summed E-state index contributed by atoms with van der Waals surface area (Å²) in [5.41, 5.74) is 1.02. The third-order valence-corrected chi connectivity index (χ3v) is 2.67. The van der Waals surface area contributed by atoms with E-state index in [-0.39, 0.29) is 12.7 Å². The van der Waals surface area contributed by atoms with Gasteiger partial charge in [-0.3, -0.25) is 0 Å². The molecule has 0 aromatic carbocycles. The minimum Gasteiger partial charge on any atom is -0.318 e. The first-order valence-corrected chi connectivity index (χ1v) is 5.11. The standard InChI is InChI=1S/C11H18O4/c1-9(2)10(5-7-12)4-6-11(3)13-8-14-15-11/h7,10H,1,4-6,8H2,2-3H3/t10-,11?/m1/s1. The Hall–Kier alpha value is -0.710. The van der Waals surface area contributed by atoms with Crippen molar-refractivity contribution in [3.8, 4) is 0 Å². The van der Waals surface area contributed by atoms with Crippen LogP contribution in [0.1, 0.15) is 33.1 Å². The van der Waals surface area contributed by atoms with Gasteiger partial charge in [0, 0.05) is 12.8 Å². The average molecular weight is 214 g/mol. The summed E-state index contributed by atoms with van der Waals surface area (Å²) in [7, 11) is 0. The first kappa shape index (κ1) is 12.4. The van der Waals surface area contributed by atoms with Crippen molar-refractivity contribution in [2.24, 2.45) is 5.92 Å². The summed E-state index contributed by atoms with van der Waals surface area (Å²) in [4.78, 5) is 20.2. The molecule has 1 rings (SSSR count). The molecule has 0 aromatic heterocycles. The van der Waals surface area contributed by atoms with Gasteiger partial charge in [-0.15, -0.1) is 0 Å². The second-order valence-corrected chi connectivity index (χ2v) is 4.08. The van der Waals surface area contributed by atoms with E-state index in [9.17, 15) is 4.79 Å². The van der Waals surface area contributed by atoms with Crippen LogP contribution in [-0.2, 0) is 19.3 Å². The first-order valence-electron chi connectivity index (χ1n) is 5.11. The molecule has 0 spiro atoms. The van der Waals surface area contributed by atoms with Crippen molar-refractivity contribution in [2.45, 2.75) is 38.9 Å². The Morgan fingerprint density at radius 2 is 2.40 bits per heavy atom. The van der Waals surface area contributed by atoms with Crippen molar-refractivity contribution in [2.75, 3.05) is 6.79 Å². The highest BCUT2D eigenvalue weighted by Gasteiger charge is 2.33. The number of hydrogen-bond acceptors (Lipinski definition) is 4. The third-order valence-electron chi connectivity index (χ3n) is 2.67. The topological polar surface area (TPSA) is 44.8 Å². The van der Waals surface area contributed by atoms with Crippen LogP contribution in [0.4, 0.5) is 0 Å². The summed E-state index contributed by atoms with van der Waals surface area (Å²) in [6.07, 6.45) is 2.94. The van der Waals surface area contributed by atoms with E-state index in [4.69, 9.17) is 14.5 Å². The van der Waals surface area contributed by atoms with Crippen LogP contribution in [0.3, 0.4) is 0 Å². The quantitative estimate of drug-likeness (QED) is 0.386. The van der Waals surface area contributed by atoms with Crippen LogP contribution in [0.25, 0.3) is 0 Å². The highest BCUT2D eigenvalue weighted by atomic mass is 17.3. The Bertz CT molecular complexity index is 231. The minimum absolute atomic E-state index is 0.169. The number of rotatable bonds is 6. The van der Waals surface area contributed by atoms with Crippen molar-refractivity contribution >= 4 is 6.29 Å². The molecule has 2 atom stereocenters. The molecule has 0 radical (unpaired) electrons. The van der Waals surface area contributed by atoms with Crippen LogP contribution in [0.5, 0.6) is 0 Å². The molecule has 1 unspecified atom stereocenters. The molecule has 0 bridgehead atoms. The van der Waals surface area contributed by atoms with Crippen molar-refractivity contribution in [1.29, 1.82) is 0 Å². The van der Waals surface area contributed by atoms with Gasteiger partial charge in [0.25, 0.3) is 0 Å². The van der Waals surface area contributed by atoms with Crippen molar-refractivity contribution < 1.29 is 19.3 Å². The molecule has 0 saturated carbocycles. The van der Waals surface area contributed by atoms with E-state index in [1.807, 2.05) is 13.8 Å². The number of aldehydes is 1. The van der Waals surface area contributed by atoms with Gasteiger partial charge < -0.3 is 9.53 Å². The van der Waals surface area contributed by atoms with E-state index in [1.165, 1.54) is 0 Å². The van der Waals surface area contributed by atoms with Gasteiger partial charge in [-0.05, 0) is 26.2 Å². The predicted octanol–water partition coefficient (Wildman–Crippen LogP) is 2.20. The zero-order valence-corrected chi connectivity index (χ0v) is 9.32. The van der Waals surface area contributed by atoms with Gasteiger partial charge in [-0.1, -0.05) is 12.2 Å². The molecule has 0 N–H and O–H groups in total. The molecule has 1 heterocycles. The Balaban J connectivity index is 2.38. The van der Waals surface area contributed by atoms with Gasteiger partial charge in [-0.2, -0.15) is 4.89 Å². The summed E-state index contributed by atoms with van der Waals surface area (Å²) in [6.45, 7) is 7.80. The molecule has 0 aromatic rings. The predicted molar refractivity (Wildman–Crippen MR) is 54.7 cm³/mol. The second kappa shape index (κ2) is 5.39. The van der Waals surface area contributed by atoms with Gasteiger partial charge in [0.05, 0.1) is 0 Å². The molecule has 4 nitrogen and oxygen atoms in total. The summed E-state index contributed by atoms with van der Waals surface area (Å²) in [6, 6.07) is 0. The highest BCUT2D eigenvalue weighted by Crippen LogP contribution is 2.29. The number of ether oxygens (including phenoxy) is 1. The molecule has 4 heteroatoms. The molecular weight excluding hydrogens is 196 g/mol. The van der Waals surface area contributed by atoms with Crippen LogP contribution < -0.4 is 0 Å². The molecule has 0 amide bonds. The largest absolute Gasteiger partial charge is 0.318 e. The highest BCUT2D eigenvalue weighted by molar-refractivity contribution is 5.50. The fourth-order valence-corrected chi connectivity index (χ4v) is 1.55. The van der Waals surface area contributed by atoms with Gasteiger partial charge in [0.2, 0.25) is 5.79 Å². The van der Waals surface area contributed by atoms with Gasteiger partial charge in [0.1, 0.15) is 6.29 Å². The maximum Gasteiger partial charge on any atom is 0.201 e. The van der Waals surface area contributed by atoms with Crippen LogP contribution in [0, 0.1) is 5.92 Å². The Kier molecular flexibility index (Phi) is 4.45. The first-order chi connectivity index (χ1) is 7.07. The molecular formula is C11H18O4. The van der Waals surface area contributed by atoms with E-state index in [2.05, 4.69) is 6.58 Å². The van der Waals surface area contributed by atoms with E-state index in [1.54, 1.807) is 0 Å². The molecule has 1 saturated heterocycles. The smallest absolute Gasteiger partial charge is 0.201 e. The Morgan fingerprint density at radius 1 is 1.67 bits per heavy atom. The number of carbonyl (C=O) groups excluding carboxylic acids is 1. The molecule has 1 aliphatic heterocycles. The summed E-state index contributed by atoms with van der Waals surface area (Å²) in [5, 5.41) is 0. The summed E-state index contributed by atoms with van der Waals surface area (Å²) in [5.74, 6) is -0.469. The van der Waals surface area contributed by atoms with Crippen LogP contribution in [-0.4, -0.2) is 18.9 Å². The lowest BCUT2D eigenvalue weighted by Crippen LogP contribution is -2.26. The zero-order chi connectivity index (χ0) is 11.3. The van der Waals surface area contributed by atoms with E-state index >= 15 is 0 Å². The maximum atomic E-state index is 10.5. The van der Waals surface area contributed by atoms with E-state index in [0.29, 0.717) is 12.8 Å². The third kappa shape index (κ3) is 3.74. The van der Waals surface area contributed by atoms with Crippen LogP contribution in [0.15, 0.2) is 12.2 Å². The van der Waals surface area contributed by atoms with Gasteiger partial charge in [-0.25, -0.2) is 4.89 Å². The lowest BCUT2D eigenvalue weighted by atomic mass is 9.92. The van der Waals surface area contributed by atoms with Crippen molar-refractivity contribution in [3.05, 3.63) is 12.2 Å².